The lowest BCUT2D eigenvalue weighted by molar-refractivity contribution is -0.141. The average Bonchev–Trinajstić information content (AvgIpc) is 2.85. The van der Waals surface area contributed by atoms with Crippen molar-refractivity contribution in [3.8, 4) is 11.4 Å². The fourth-order valence-corrected chi connectivity index (χ4v) is 2.26. The molecule has 9 heteroatoms. The number of alkyl halides is 3. The van der Waals surface area contributed by atoms with E-state index in [9.17, 15) is 18.0 Å². The Bertz CT molecular complexity index is 736. The summed E-state index contributed by atoms with van der Waals surface area (Å²) in [4.78, 5) is 20.1. The topological polar surface area (TPSA) is 72.7 Å². The number of carbonyl (C=O) groups excluding carboxylic acids is 1. The minimum Gasteiger partial charge on any atom is -0.348 e. The number of nitrogens with zero attached hydrogens (tertiary/aromatic N) is 4. The van der Waals surface area contributed by atoms with Gasteiger partial charge in [-0.15, -0.1) is 0 Å². The second-order valence-electron chi connectivity index (χ2n) is 5.43. The van der Waals surface area contributed by atoms with Gasteiger partial charge in [0.1, 0.15) is 11.4 Å². The third-order valence-electron chi connectivity index (χ3n) is 3.74. The van der Waals surface area contributed by atoms with E-state index in [0.717, 1.165) is 30.0 Å². The number of aryl methyl sites for hydroxylation is 1. The molecule has 6 nitrogen and oxygen atoms in total. The molecule has 1 saturated carbocycles. The SMILES string of the molecule is Cn1nc(C(F)(F)F)cc1-c1cncc(C(=O)NC2CCC2)n1. The molecule has 2 aromatic heterocycles. The summed E-state index contributed by atoms with van der Waals surface area (Å²) < 4.78 is 39.2. The molecule has 1 aliphatic rings. The van der Waals surface area contributed by atoms with E-state index in [1.807, 2.05) is 0 Å². The summed E-state index contributed by atoms with van der Waals surface area (Å²) in [5.74, 6) is -0.373. The summed E-state index contributed by atoms with van der Waals surface area (Å²) >= 11 is 0. The van der Waals surface area contributed by atoms with E-state index in [4.69, 9.17) is 0 Å². The van der Waals surface area contributed by atoms with Gasteiger partial charge in [0.05, 0.1) is 18.1 Å². The lowest BCUT2D eigenvalue weighted by atomic mass is 9.93. The van der Waals surface area contributed by atoms with Gasteiger partial charge in [-0.3, -0.25) is 14.5 Å². The first-order chi connectivity index (χ1) is 10.8. The smallest absolute Gasteiger partial charge is 0.348 e. The van der Waals surface area contributed by atoms with E-state index in [2.05, 4.69) is 20.4 Å². The lowest BCUT2D eigenvalue weighted by Crippen LogP contribution is -2.39. The molecule has 1 N–H and O–H groups in total. The Morgan fingerprint density at radius 3 is 2.65 bits per heavy atom. The van der Waals surface area contributed by atoms with Crippen LogP contribution in [0.25, 0.3) is 11.4 Å². The van der Waals surface area contributed by atoms with Crippen LogP contribution in [0.15, 0.2) is 18.5 Å². The Morgan fingerprint density at radius 1 is 1.35 bits per heavy atom. The first-order valence-corrected chi connectivity index (χ1v) is 7.09. The molecule has 0 unspecified atom stereocenters. The number of hydrogen-bond donors (Lipinski definition) is 1. The maximum atomic E-state index is 12.7. The van der Waals surface area contributed by atoms with Crippen molar-refractivity contribution in [1.82, 2.24) is 25.1 Å². The van der Waals surface area contributed by atoms with Crippen LogP contribution in [0.4, 0.5) is 13.2 Å². The van der Waals surface area contributed by atoms with Gasteiger partial charge < -0.3 is 5.32 Å². The van der Waals surface area contributed by atoms with Gasteiger partial charge in [-0.25, -0.2) is 4.98 Å². The number of rotatable bonds is 3. The molecule has 3 rings (SSSR count). The second kappa shape index (κ2) is 5.64. The third kappa shape index (κ3) is 3.17. The van der Waals surface area contributed by atoms with Gasteiger partial charge in [-0.1, -0.05) is 0 Å². The molecular formula is C14H14F3N5O. The molecule has 0 spiro atoms. The molecule has 1 aliphatic carbocycles. The van der Waals surface area contributed by atoms with E-state index in [1.54, 1.807) is 0 Å². The zero-order valence-electron chi connectivity index (χ0n) is 12.3. The van der Waals surface area contributed by atoms with Gasteiger partial charge >= 0.3 is 6.18 Å². The first-order valence-electron chi connectivity index (χ1n) is 7.09. The molecule has 122 valence electrons. The monoisotopic (exact) mass is 325 g/mol. The number of halogens is 3. The normalized spacial score (nSPS) is 15.3. The van der Waals surface area contributed by atoms with Crippen LogP contribution >= 0.6 is 0 Å². The highest BCUT2D eigenvalue weighted by molar-refractivity contribution is 5.92. The summed E-state index contributed by atoms with van der Waals surface area (Å²) in [5, 5.41) is 6.24. The number of amides is 1. The van der Waals surface area contributed by atoms with E-state index < -0.39 is 11.9 Å². The lowest BCUT2D eigenvalue weighted by Gasteiger charge is -2.26. The summed E-state index contributed by atoms with van der Waals surface area (Å²) in [5.41, 5.74) is -0.634. The standard InChI is InChI=1S/C14H14F3N5O/c1-22-11(5-12(21-22)14(15,16)17)9-6-18-7-10(20-9)13(23)19-8-3-2-4-8/h5-8H,2-4H2,1H3,(H,19,23). The molecule has 0 aromatic carbocycles. The van der Waals surface area contributed by atoms with Crippen molar-refractivity contribution >= 4 is 5.91 Å². The Labute approximate surface area is 129 Å². The molecule has 1 amide bonds. The summed E-state index contributed by atoms with van der Waals surface area (Å²) in [7, 11) is 1.38. The molecule has 0 radical (unpaired) electrons. The van der Waals surface area contributed by atoms with Crippen LogP contribution in [-0.4, -0.2) is 31.7 Å². The van der Waals surface area contributed by atoms with E-state index >= 15 is 0 Å². The van der Waals surface area contributed by atoms with Crippen LogP contribution in [0.2, 0.25) is 0 Å². The number of hydrogen-bond acceptors (Lipinski definition) is 4. The predicted molar refractivity (Wildman–Crippen MR) is 74.3 cm³/mol. The van der Waals surface area contributed by atoms with Crippen molar-refractivity contribution in [1.29, 1.82) is 0 Å². The zero-order valence-corrected chi connectivity index (χ0v) is 12.3. The Hall–Kier alpha value is -2.45. The minimum atomic E-state index is -4.54. The molecular weight excluding hydrogens is 311 g/mol. The Balaban J connectivity index is 1.87. The summed E-state index contributed by atoms with van der Waals surface area (Å²) in [6.07, 6.45) is 0.982. The van der Waals surface area contributed by atoms with Crippen LogP contribution in [0.1, 0.15) is 35.4 Å². The molecule has 2 heterocycles. The highest BCUT2D eigenvalue weighted by atomic mass is 19.4. The van der Waals surface area contributed by atoms with Crippen molar-refractivity contribution in [2.45, 2.75) is 31.5 Å². The van der Waals surface area contributed by atoms with Crippen LogP contribution in [-0.2, 0) is 13.2 Å². The average molecular weight is 325 g/mol. The molecule has 23 heavy (non-hydrogen) atoms. The van der Waals surface area contributed by atoms with E-state index in [1.165, 1.54) is 19.4 Å². The maximum absolute atomic E-state index is 12.7. The summed E-state index contributed by atoms with van der Waals surface area (Å²) in [6, 6.07) is 1.03. The van der Waals surface area contributed by atoms with Crippen LogP contribution < -0.4 is 5.32 Å². The van der Waals surface area contributed by atoms with Gasteiger partial charge in [0.25, 0.3) is 5.91 Å². The number of aromatic nitrogens is 4. The molecule has 0 bridgehead atoms. The molecule has 0 saturated heterocycles. The van der Waals surface area contributed by atoms with Crippen molar-refractivity contribution in [3.05, 3.63) is 29.8 Å². The number of nitrogens with one attached hydrogen (secondary N) is 1. The van der Waals surface area contributed by atoms with Gasteiger partial charge in [-0.2, -0.15) is 18.3 Å². The van der Waals surface area contributed by atoms with Crippen LogP contribution in [0.5, 0.6) is 0 Å². The quantitative estimate of drug-likeness (QED) is 0.939. The van der Waals surface area contributed by atoms with Gasteiger partial charge in [0.15, 0.2) is 5.69 Å². The van der Waals surface area contributed by atoms with E-state index in [-0.39, 0.29) is 29.0 Å². The van der Waals surface area contributed by atoms with Gasteiger partial charge in [-0.05, 0) is 25.3 Å². The van der Waals surface area contributed by atoms with Gasteiger partial charge in [0.2, 0.25) is 0 Å². The van der Waals surface area contributed by atoms with Crippen molar-refractivity contribution < 1.29 is 18.0 Å². The van der Waals surface area contributed by atoms with Crippen molar-refractivity contribution in [2.75, 3.05) is 0 Å². The highest BCUT2D eigenvalue weighted by Crippen LogP contribution is 2.30. The van der Waals surface area contributed by atoms with Gasteiger partial charge in [0, 0.05) is 13.1 Å². The van der Waals surface area contributed by atoms with Crippen molar-refractivity contribution in [2.24, 2.45) is 7.05 Å². The van der Waals surface area contributed by atoms with Crippen LogP contribution in [0, 0.1) is 0 Å². The Kier molecular flexibility index (Phi) is 3.78. The fraction of sp³-hybridized carbons (Fsp3) is 0.429. The van der Waals surface area contributed by atoms with E-state index in [0.29, 0.717) is 0 Å². The molecule has 2 aromatic rings. The minimum absolute atomic E-state index is 0.0733. The molecule has 0 aliphatic heterocycles. The third-order valence-corrected chi connectivity index (χ3v) is 3.74. The van der Waals surface area contributed by atoms with Crippen molar-refractivity contribution in [3.63, 3.8) is 0 Å². The first kappa shape index (κ1) is 15.4. The predicted octanol–water partition coefficient (Wildman–Crippen LogP) is 2.18. The van der Waals surface area contributed by atoms with Crippen LogP contribution in [0.3, 0.4) is 0 Å². The number of carbonyl (C=O) groups is 1. The highest BCUT2D eigenvalue weighted by Gasteiger charge is 2.35. The maximum Gasteiger partial charge on any atom is 0.435 e. The molecule has 0 atom stereocenters. The largest absolute Gasteiger partial charge is 0.435 e. The fourth-order valence-electron chi connectivity index (χ4n) is 2.26. The molecule has 1 fully saturated rings. The summed E-state index contributed by atoms with van der Waals surface area (Å²) in [6.45, 7) is 0. The second-order valence-corrected chi connectivity index (χ2v) is 5.43. The Morgan fingerprint density at radius 2 is 2.09 bits per heavy atom. The zero-order chi connectivity index (χ0) is 16.6.